The smallest absolute Gasteiger partial charge is 0.370 e. The number of anilines is 1. The second-order valence-electron chi connectivity index (χ2n) is 10.1. The van der Waals surface area contributed by atoms with Crippen molar-refractivity contribution in [2.75, 3.05) is 37.6 Å². The molecule has 0 saturated carbocycles. The average Bonchev–Trinajstić information content (AvgIpc) is 3.37. The molecule has 4 heterocycles. The molecule has 2 aromatic carbocycles. The molecule has 1 spiro atoms. The zero-order valence-electron chi connectivity index (χ0n) is 19.6. The van der Waals surface area contributed by atoms with E-state index in [1.165, 1.54) is 29.0 Å². The Hall–Kier alpha value is -2.65. The van der Waals surface area contributed by atoms with Crippen LogP contribution in [0.25, 0.3) is 10.9 Å². The van der Waals surface area contributed by atoms with Gasteiger partial charge in [-0.25, -0.2) is 8.78 Å². The van der Waals surface area contributed by atoms with Gasteiger partial charge in [0.2, 0.25) is 0 Å². The Morgan fingerprint density at radius 1 is 1.06 bits per heavy atom. The fraction of sp³-hybridized carbons (Fsp3) is 0.462. The number of rotatable bonds is 2. The Morgan fingerprint density at radius 3 is 2.43 bits per heavy atom. The summed E-state index contributed by atoms with van der Waals surface area (Å²) < 4.78 is 63.7. The van der Waals surface area contributed by atoms with E-state index in [2.05, 4.69) is 10.3 Å². The van der Waals surface area contributed by atoms with Crippen LogP contribution >= 0.6 is 0 Å². The summed E-state index contributed by atoms with van der Waals surface area (Å²) >= 11 is 0. The van der Waals surface area contributed by atoms with Crippen molar-refractivity contribution >= 4 is 16.6 Å². The molecule has 0 radical (unpaired) electrons. The molecule has 0 aliphatic carbocycles. The second-order valence-corrected chi connectivity index (χ2v) is 10.1. The molecule has 2 saturated heterocycles. The highest BCUT2D eigenvalue weighted by Crippen LogP contribution is 2.39. The minimum Gasteiger partial charge on any atom is -0.370 e. The Bertz CT molecular complexity index is 1170. The van der Waals surface area contributed by atoms with Crippen LogP contribution in [-0.4, -0.2) is 54.8 Å². The van der Waals surface area contributed by atoms with E-state index in [0.717, 1.165) is 48.8 Å². The van der Waals surface area contributed by atoms with Gasteiger partial charge >= 0.3 is 6.18 Å². The predicted molar refractivity (Wildman–Crippen MR) is 126 cm³/mol. The van der Waals surface area contributed by atoms with E-state index in [9.17, 15) is 22.0 Å². The fourth-order valence-corrected chi connectivity index (χ4v) is 5.58. The highest BCUT2D eigenvalue weighted by Gasteiger charge is 2.45. The summed E-state index contributed by atoms with van der Waals surface area (Å²) in [5, 5.41) is 4.47. The van der Waals surface area contributed by atoms with Crippen molar-refractivity contribution in [3.63, 3.8) is 0 Å². The van der Waals surface area contributed by atoms with Gasteiger partial charge in [-0.05, 0) is 50.1 Å². The van der Waals surface area contributed by atoms with Gasteiger partial charge in [-0.15, -0.1) is 0 Å². The third-order valence-corrected chi connectivity index (χ3v) is 7.37. The summed E-state index contributed by atoms with van der Waals surface area (Å²) in [7, 11) is 0. The van der Waals surface area contributed by atoms with Gasteiger partial charge in [-0.2, -0.15) is 13.2 Å². The Balaban J connectivity index is 0.000000147. The lowest BCUT2D eigenvalue weighted by molar-refractivity contribution is -0.152. The second kappa shape index (κ2) is 9.09. The number of aromatic amines is 1. The van der Waals surface area contributed by atoms with Crippen LogP contribution in [0.3, 0.4) is 0 Å². The number of benzene rings is 2. The molecule has 6 rings (SSSR count). The maximum atomic E-state index is 13.0. The van der Waals surface area contributed by atoms with E-state index in [0.29, 0.717) is 24.1 Å². The number of hydrogen-bond donors (Lipinski definition) is 2. The van der Waals surface area contributed by atoms with Crippen molar-refractivity contribution < 1.29 is 22.0 Å². The summed E-state index contributed by atoms with van der Waals surface area (Å²) in [6.07, 6.45) is -2.31. The Kier molecular flexibility index (Phi) is 6.25. The third-order valence-electron chi connectivity index (χ3n) is 7.37. The van der Waals surface area contributed by atoms with Gasteiger partial charge in [-0.3, -0.25) is 4.90 Å². The van der Waals surface area contributed by atoms with Crippen LogP contribution in [0.15, 0.2) is 42.5 Å². The van der Waals surface area contributed by atoms with E-state index in [4.69, 9.17) is 0 Å². The first-order valence-electron chi connectivity index (χ1n) is 11.9. The quantitative estimate of drug-likeness (QED) is 0.480. The van der Waals surface area contributed by atoms with Crippen LogP contribution in [0.4, 0.5) is 27.6 Å². The van der Waals surface area contributed by atoms with Crippen molar-refractivity contribution in [1.82, 2.24) is 15.2 Å². The summed E-state index contributed by atoms with van der Waals surface area (Å²) in [6.45, 7) is 5.25. The molecule has 0 amide bonds. The maximum Gasteiger partial charge on any atom is 0.401 e. The van der Waals surface area contributed by atoms with Crippen molar-refractivity contribution in [2.24, 2.45) is 5.41 Å². The molecular weight excluding hydrogens is 463 g/mol. The molecule has 9 heteroatoms. The number of halogens is 5. The maximum absolute atomic E-state index is 13.0. The zero-order chi connectivity index (χ0) is 24.8. The lowest BCUT2D eigenvalue weighted by Gasteiger charge is -2.49. The fourth-order valence-electron chi connectivity index (χ4n) is 5.58. The van der Waals surface area contributed by atoms with Crippen LogP contribution in [-0.2, 0) is 13.0 Å². The monoisotopic (exact) mass is 492 g/mol. The van der Waals surface area contributed by atoms with Gasteiger partial charge in [-0.1, -0.05) is 18.2 Å². The van der Waals surface area contributed by atoms with Gasteiger partial charge < -0.3 is 15.2 Å². The van der Waals surface area contributed by atoms with Crippen molar-refractivity contribution in [3.05, 3.63) is 65.4 Å². The minimum atomic E-state index is -4.14. The molecule has 3 aromatic rings. The average molecular weight is 493 g/mol. The summed E-state index contributed by atoms with van der Waals surface area (Å²) in [5.74, 6) is -0.999. The first kappa shape index (κ1) is 24.1. The molecule has 2 N–H and O–H groups in total. The van der Waals surface area contributed by atoms with E-state index in [1.54, 1.807) is 0 Å². The molecule has 188 valence electrons. The molecule has 3 aliphatic heterocycles. The number of nitrogens with one attached hydrogen (secondary N) is 2. The molecule has 1 atom stereocenters. The third kappa shape index (κ3) is 5.16. The van der Waals surface area contributed by atoms with Gasteiger partial charge in [0.1, 0.15) is 11.6 Å². The van der Waals surface area contributed by atoms with Crippen LogP contribution in [0.1, 0.15) is 24.6 Å². The SMILES string of the molecule is CC1Cc2c([nH]c3ccccc23)CN1CC(F)(F)F.Fc1cc(F)cc(N2CC3(CCNC3)C2)c1. The van der Waals surface area contributed by atoms with Crippen LogP contribution < -0.4 is 10.2 Å². The molecule has 4 nitrogen and oxygen atoms in total. The molecule has 0 bridgehead atoms. The van der Waals surface area contributed by atoms with E-state index in [1.807, 2.05) is 36.1 Å². The van der Waals surface area contributed by atoms with Crippen LogP contribution in [0.5, 0.6) is 0 Å². The zero-order valence-corrected chi connectivity index (χ0v) is 19.6. The van der Waals surface area contributed by atoms with Crippen molar-refractivity contribution in [3.8, 4) is 0 Å². The van der Waals surface area contributed by atoms with E-state index < -0.39 is 24.4 Å². The van der Waals surface area contributed by atoms with E-state index in [-0.39, 0.29) is 6.04 Å². The van der Waals surface area contributed by atoms with Gasteiger partial charge in [0.15, 0.2) is 0 Å². The summed E-state index contributed by atoms with van der Waals surface area (Å²) in [4.78, 5) is 6.77. The number of alkyl halides is 3. The highest BCUT2D eigenvalue weighted by atomic mass is 19.4. The van der Waals surface area contributed by atoms with Gasteiger partial charge in [0.05, 0.1) is 6.54 Å². The highest BCUT2D eigenvalue weighted by molar-refractivity contribution is 5.84. The lowest BCUT2D eigenvalue weighted by Crippen LogP contribution is -2.57. The van der Waals surface area contributed by atoms with Gasteiger partial charge in [0, 0.05) is 66.0 Å². The van der Waals surface area contributed by atoms with Gasteiger partial charge in [0.25, 0.3) is 0 Å². The van der Waals surface area contributed by atoms with Crippen molar-refractivity contribution in [2.45, 2.75) is 38.5 Å². The summed E-state index contributed by atoms with van der Waals surface area (Å²) in [6, 6.07) is 11.5. The number of fused-ring (bicyclic) bond motifs is 3. The van der Waals surface area contributed by atoms with Crippen LogP contribution in [0, 0.1) is 17.0 Å². The lowest BCUT2D eigenvalue weighted by atomic mass is 9.79. The van der Waals surface area contributed by atoms with Crippen LogP contribution in [0.2, 0.25) is 0 Å². The number of para-hydroxylation sites is 1. The molecule has 1 aromatic heterocycles. The molecule has 2 fully saturated rings. The predicted octanol–water partition coefficient (Wildman–Crippen LogP) is 5.24. The number of nitrogens with zero attached hydrogens (tertiary/aromatic N) is 2. The van der Waals surface area contributed by atoms with E-state index >= 15 is 0 Å². The standard InChI is InChI=1S/C14H15F3N2.C12H14F2N2/c1-9-6-11-10-4-2-3-5-12(10)18-13(11)7-19(9)8-14(15,16)17;13-9-3-10(14)5-11(4-9)16-7-12(8-16)1-2-15-6-12/h2-5,9,18H,6-8H2,1H3;3-5,15H,1-2,6-8H2. The number of aromatic nitrogens is 1. The number of hydrogen-bond acceptors (Lipinski definition) is 3. The first-order valence-corrected chi connectivity index (χ1v) is 11.9. The molecule has 1 unspecified atom stereocenters. The minimum absolute atomic E-state index is 0.0895. The normalized spacial score (nSPS) is 21.5. The molecular formula is C26H29F5N4. The topological polar surface area (TPSA) is 34.3 Å². The summed E-state index contributed by atoms with van der Waals surface area (Å²) in [5.41, 5.74) is 4.11. The van der Waals surface area contributed by atoms with Crippen molar-refractivity contribution in [1.29, 1.82) is 0 Å². The Morgan fingerprint density at radius 2 is 1.77 bits per heavy atom. The first-order chi connectivity index (χ1) is 16.6. The molecule has 3 aliphatic rings. The number of H-pyrrole nitrogens is 1. The Labute approximate surface area is 201 Å². The largest absolute Gasteiger partial charge is 0.401 e. The molecule has 35 heavy (non-hydrogen) atoms.